The van der Waals surface area contributed by atoms with Crippen LogP contribution < -0.4 is 10.1 Å². The SMILES string of the molecule is CCC(Oc1cc2ncnc(NC(C)c3ccccc3)c2cc1[N+](=O)[O-])OC1CCCCO1. The Kier molecular flexibility index (Phi) is 7.31. The largest absolute Gasteiger partial charge is 0.458 e. The summed E-state index contributed by atoms with van der Waals surface area (Å²) in [5, 5.41) is 15.8. The van der Waals surface area contributed by atoms with Crippen LogP contribution in [0.25, 0.3) is 10.9 Å². The van der Waals surface area contributed by atoms with Crippen molar-refractivity contribution >= 4 is 22.4 Å². The third-order valence-corrected chi connectivity index (χ3v) is 5.60. The Balaban J connectivity index is 1.61. The first-order chi connectivity index (χ1) is 16.0. The highest BCUT2D eigenvalue weighted by atomic mass is 16.8. The molecule has 0 amide bonds. The molecule has 33 heavy (non-hydrogen) atoms. The molecule has 2 heterocycles. The van der Waals surface area contributed by atoms with E-state index in [4.69, 9.17) is 14.2 Å². The number of fused-ring (bicyclic) bond motifs is 1. The summed E-state index contributed by atoms with van der Waals surface area (Å²) in [6.45, 7) is 4.55. The number of nitrogens with one attached hydrogen (secondary N) is 1. The van der Waals surface area contributed by atoms with Crippen molar-refractivity contribution in [2.45, 2.75) is 58.2 Å². The zero-order valence-corrected chi connectivity index (χ0v) is 18.8. The summed E-state index contributed by atoms with van der Waals surface area (Å²) in [7, 11) is 0. The Hall–Kier alpha value is -3.30. The highest BCUT2D eigenvalue weighted by Crippen LogP contribution is 2.36. The Labute approximate surface area is 192 Å². The lowest BCUT2D eigenvalue weighted by Crippen LogP contribution is -2.31. The fraction of sp³-hybridized carbons (Fsp3) is 0.417. The second-order valence-electron chi connectivity index (χ2n) is 7.98. The van der Waals surface area contributed by atoms with Crippen molar-refractivity contribution in [2.24, 2.45) is 0 Å². The van der Waals surface area contributed by atoms with Gasteiger partial charge in [0.1, 0.15) is 12.1 Å². The average molecular weight is 453 g/mol. The lowest BCUT2D eigenvalue weighted by Gasteiger charge is -2.27. The van der Waals surface area contributed by atoms with Crippen LogP contribution in [0.3, 0.4) is 0 Å². The second kappa shape index (κ2) is 10.5. The van der Waals surface area contributed by atoms with Crippen LogP contribution in [-0.2, 0) is 9.47 Å². The van der Waals surface area contributed by atoms with Gasteiger partial charge in [-0.15, -0.1) is 0 Å². The van der Waals surface area contributed by atoms with Gasteiger partial charge >= 0.3 is 5.69 Å². The minimum atomic E-state index is -0.665. The predicted molar refractivity (Wildman–Crippen MR) is 124 cm³/mol. The average Bonchev–Trinajstić information content (AvgIpc) is 2.84. The van der Waals surface area contributed by atoms with Gasteiger partial charge in [-0.05, 0) is 31.7 Å². The molecule has 3 atom stereocenters. The van der Waals surface area contributed by atoms with E-state index in [1.165, 1.54) is 12.4 Å². The van der Waals surface area contributed by atoms with Gasteiger partial charge in [-0.3, -0.25) is 10.1 Å². The van der Waals surface area contributed by atoms with Crippen LogP contribution in [0, 0.1) is 10.1 Å². The number of nitro groups is 1. The van der Waals surface area contributed by atoms with E-state index in [-0.39, 0.29) is 23.8 Å². The van der Waals surface area contributed by atoms with Gasteiger partial charge in [-0.25, -0.2) is 9.97 Å². The van der Waals surface area contributed by atoms with Crippen LogP contribution in [0.15, 0.2) is 48.8 Å². The van der Waals surface area contributed by atoms with E-state index in [9.17, 15) is 10.1 Å². The van der Waals surface area contributed by atoms with E-state index in [1.54, 1.807) is 6.07 Å². The van der Waals surface area contributed by atoms with E-state index in [1.807, 2.05) is 44.2 Å². The van der Waals surface area contributed by atoms with E-state index in [2.05, 4.69) is 15.3 Å². The van der Waals surface area contributed by atoms with Gasteiger partial charge < -0.3 is 19.5 Å². The number of hydrogen-bond acceptors (Lipinski definition) is 8. The number of nitro benzene ring substituents is 1. The van der Waals surface area contributed by atoms with Gasteiger partial charge in [0.15, 0.2) is 6.29 Å². The molecule has 1 fully saturated rings. The maximum Gasteiger partial charge on any atom is 0.311 e. The molecular formula is C24H28N4O5. The summed E-state index contributed by atoms with van der Waals surface area (Å²) in [5.41, 5.74) is 1.45. The van der Waals surface area contributed by atoms with Crippen LogP contribution >= 0.6 is 0 Å². The first kappa shape index (κ1) is 22.9. The Morgan fingerprint density at radius 2 is 2.06 bits per heavy atom. The van der Waals surface area contributed by atoms with Crippen molar-refractivity contribution in [3.05, 3.63) is 64.5 Å². The fourth-order valence-corrected chi connectivity index (χ4v) is 3.79. The van der Waals surface area contributed by atoms with Crippen molar-refractivity contribution in [1.82, 2.24) is 9.97 Å². The van der Waals surface area contributed by atoms with Crippen LogP contribution in [0.4, 0.5) is 11.5 Å². The zero-order valence-electron chi connectivity index (χ0n) is 18.8. The van der Waals surface area contributed by atoms with Crippen LogP contribution in [0.1, 0.15) is 51.1 Å². The number of benzene rings is 2. The fourth-order valence-electron chi connectivity index (χ4n) is 3.79. The Morgan fingerprint density at radius 3 is 2.76 bits per heavy atom. The van der Waals surface area contributed by atoms with Gasteiger partial charge in [0.25, 0.3) is 0 Å². The number of nitrogens with zero attached hydrogens (tertiary/aromatic N) is 3. The maximum atomic E-state index is 11.9. The molecule has 0 saturated carbocycles. The van der Waals surface area contributed by atoms with Gasteiger partial charge in [0.05, 0.1) is 10.4 Å². The van der Waals surface area contributed by atoms with E-state index >= 15 is 0 Å². The lowest BCUT2D eigenvalue weighted by atomic mass is 10.1. The van der Waals surface area contributed by atoms with Gasteiger partial charge in [-0.2, -0.15) is 0 Å². The summed E-state index contributed by atoms with van der Waals surface area (Å²) in [4.78, 5) is 20.1. The highest BCUT2D eigenvalue weighted by molar-refractivity contribution is 5.92. The number of ether oxygens (including phenoxy) is 3. The van der Waals surface area contributed by atoms with Crippen molar-refractivity contribution < 1.29 is 19.1 Å². The maximum absolute atomic E-state index is 11.9. The normalized spacial score (nSPS) is 17.9. The zero-order chi connectivity index (χ0) is 23.2. The molecule has 1 saturated heterocycles. The van der Waals surface area contributed by atoms with Gasteiger partial charge in [-0.1, -0.05) is 37.3 Å². The molecule has 0 radical (unpaired) electrons. The molecule has 1 aliphatic heterocycles. The molecule has 0 spiro atoms. The molecule has 1 aliphatic rings. The molecule has 9 heteroatoms. The third kappa shape index (κ3) is 5.55. The summed E-state index contributed by atoms with van der Waals surface area (Å²) in [6, 6.07) is 12.9. The van der Waals surface area contributed by atoms with Gasteiger partial charge in [0, 0.05) is 36.6 Å². The van der Waals surface area contributed by atoms with Crippen molar-refractivity contribution in [3.63, 3.8) is 0 Å². The quantitative estimate of drug-likeness (QED) is 0.262. The van der Waals surface area contributed by atoms with E-state index in [0.29, 0.717) is 29.7 Å². The molecule has 4 rings (SSSR count). The van der Waals surface area contributed by atoms with Crippen LogP contribution in [-0.4, -0.2) is 34.1 Å². The van der Waals surface area contributed by atoms with Crippen LogP contribution in [0.2, 0.25) is 0 Å². The molecule has 174 valence electrons. The first-order valence-electron chi connectivity index (χ1n) is 11.2. The predicted octanol–water partition coefficient (Wildman–Crippen LogP) is 5.37. The molecule has 1 aromatic heterocycles. The molecule has 3 aromatic rings. The topological polar surface area (TPSA) is 109 Å². The van der Waals surface area contributed by atoms with Crippen molar-refractivity contribution in [3.8, 4) is 5.75 Å². The molecule has 0 bridgehead atoms. The number of anilines is 1. The van der Waals surface area contributed by atoms with Crippen molar-refractivity contribution in [1.29, 1.82) is 0 Å². The molecule has 3 unspecified atom stereocenters. The minimum Gasteiger partial charge on any atom is -0.458 e. The molecule has 1 N–H and O–H groups in total. The Morgan fingerprint density at radius 1 is 1.24 bits per heavy atom. The molecule has 9 nitrogen and oxygen atoms in total. The Bertz CT molecular complexity index is 1090. The molecule has 0 aliphatic carbocycles. The summed E-state index contributed by atoms with van der Waals surface area (Å²) in [6.07, 6.45) is 3.73. The number of rotatable bonds is 9. The number of aromatic nitrogens is 2. The van der Waals surface area contributed by atoms with Crippen LogP contribution in [0.5, 0.6) is 5.75 Å². The van der Waals surface area contributed by atoms with E-state index < -0.39 is 11.2 Å². The third-order valence-electron chi connectivity index (χ3n) is 5.60. The standard InChI is InChI=1S/C24H28N4O5/c1-3-22(33-23-11-7-8-12-31-23)32-21-14-19-18(13-20(21)28(29)30)24(26-15-25-19)27-16(2)17-9-5-4-6-10-17/h4-6,9-10,13-16,22-23H,3,7-8,11-12H2,1-2H3,(H,25,26,27). The monoisotopic (exact) mass is 452 g/mol. The van der Waals surface area contributed by atoms with E-state index in [0.717, 1.165) is 24.8 Å². The first-order valence-corrected chi connectivity index (χ1v) is 11.2. The highest BCUT2D eigenvalue weighted by Gasteiger charge is 2.25. The van der Waals surface area contributed by atoms with Gasteiger partial charge in [0.2, 0.25) is 12.0 Å². The second-order valence-corrected chi connectivity index (χ2v) is 7.98. The van der Waals surface area contributed by atoms with Crippen molar-refractivity contribution in [2.75, 3.05) is 11.9 Å². The summed E-state index contributed by atoms with van der Waals surface area (Å²) >= 11 is 0. The summed E-state index contributed by atoms with van der Waals surface area (Å²) < 4.78 is 17.5. The smallest absolute Gasteiger partial charge is 0.311 e. The molecule has 2 aromatic carbocycles. The number of hydrogen-bond donors (Lipinski definition) is 1. The lowest BCUT2D eigenvalue weighted by molar-refractivity contribution is -0.386. The molecular weight excluding hydrogens is 424 g/mol. The summed E-state index contributed by atoms with van der Waals surface area (Å²) in [5.74, 6) is 0.626. The minimum absolute atomic E-state index is 0.0485.